The summed E-state index contributed by atoms with van der Waals surface area (Å²) in [5.74, 6) is 0.551. The first-order chi connectivity index (χ1) is 7.30. The number of rotatable bonds is 3. The average Bonchev–Trinajstić information content (AvgIpc) is 2.14. The van der Waals surface area contributed by atoms with E-state index in [1.807, 2.05) is 18.3 Å². The Morgan fingerprint density at radius 2 is 1.88 bits per heavy atom. The van der Waals surface area contributed by atoms with Gasteiger partial charge in [-0.15, -0.1) is 12.4 Å². The van der Waals surface area contributed by atoms with Crippen molar-refractivity contribution in [3.63, 3.8) is 0 Å². The molecule has 1 rings (SSSR count). The largest absolute Gasteiger partial charge is 0.410 e. The van der Waals surface area contributed by atoms with Crippen LogP contribution in [0.15, 0.2) is 18.3 Å². The lowest BCUT2D eigenvalue weighted by Crippen LogP contribution is -2.26. The van der Waals surface area contributed by atoms with Gasteiger partial charge < -0.3 is 10.2 Å². The Bertz CT molecular complexity index is 335. The summed E-state index contributed by atoms with van der Waals surface area (Å²) in [5.41, 5.74) is 6.77. The Labute approximate surface area is 112 Å². The number of anilines is 1. The van der Waals surface area contributed by atoms with Crippen molar-refractivity contribution in [1.82, 2.24) is 4.98 Å². The highest BCUT2D eigenvalue weighted by atomic mass is 35.5. The molecule has 0 aliphatic heterocycles. The first-order valence-corrected chi connectivity index (χ1v) is 7.90. The fourth-order valence-corrected chi connectivity index (χ4v) is 2.51. The number of nitrogens with zero attached hydrogens (tertiary/aromatic N) is 1. The maximum atomic E-state index is 6.06. The molecule has 0 bridgehead atoms. The van der Waals surface area contributed by atoms with Gasteiger partial charge in [-0.2, -0.15) is 0 Å². The molecule has 2 N–H and O–H groups in total. The minimum Gasteiger partial charge on any atom is -0.410 e. The number of halogens is 1. The molecule has 1 aromatic heterocycles. The highest BCUT2D eigenvalue weighted by Gasteiger charge is 2.28. The van der Waals surface area contributed by atoms with Gasteiger partial charge in [0.1, 0.15) is 5.82 Å². The summed E-state index contributed by atoms with van der Waals surface area (Å²) < 4.78 is 6.06. The molecule has 1 atom stereocenters. The Balaban J connectivity index is 0.00000256. The van der Waals surface area contributed by atoms with Gasteiger partial charge in [-0.3, -0.25) is 0 Å². The third kappa shape index (κ3) is 5.06. The van der Waals surface area contributed by atoms with Gasteiger partial charge in [-0.05, 0) is 30.1 Å². The van der Waals surface area contributed by atoms with Crippen molar-refractivity contribution in [3.05, 3.63) is 23.9 Å². The summed E-state index contributed by atoms with van der Waals surface area (Å²) >= 11 is 0. The molecule has 0 saturated carbocycles. The van der Waals surface area contributed by atoms with Crippen LogP contribution in [0, 0.1) is 5.41 Å². The molecule has 1 unspecified atom stereocenters. The molecule has 0 aliphatic rings. The quantitative estimate of drug-likeness (QED) is 0.859. The molecule has 0 fully saturated rings. The third-order valence-corrected chi connectivity index (χ3v) is 2.96. The maximum Gasteiger partial charge on any atom is 0.205 e. The first kappa shape index (κ1) is 16.4. The number of pyridine rings is 1. The second-order valence-corrected chi connectivity index (χ2v) is 7.34. The van der Waals surface area contributed by atoms with E-state index in [1.54, 1.807) is 0 Å². The molecule has 17 heavy (non-hydrogen) atoms. The van der Waals surface area contributed by atoms with E-state index in [4.69, 9.17) is 10.2 Å². The fraction of sp³-hybridized carbons (Fsp3) is 0.583. The second-order valence-electron chi connectivity index (χ2n) is 5.29. The van der Waals surface area contributed by atoms with Crippen LogP contribution in [0.3, 0.4) is 0 Å². The topological polar surface area (TPSA) is 48.1 Å². The third-order valence-electron chi connectivity index (χ3n) is 2.25. The van der Waals surface area contributed by atoms with Crippen LogP contribution < -0.4 is 5.73 Å². The number of hydrogen-bond donors (Lipinski definition) is 1. The smallest absolute Gasteiger partial charge is 0.205 e. The van der Waals surface area contributed by atoms with E-state index in [0.29, 0.717) is 5.82 Å². The van der Waals surface area contributed by atoms with Crippen molar-refractivity contribution in [2.24, 2.45) is 5.41 Å². The molecule has 0 aromatic carbocycles. The summed E-state index contributed by atoms with van der Waals surface area (Å²) in [4.78, 5) is 4.13. The van der Waals surface area contributed by atoms with Crippen LogP contribution in [0.5, 0.6) is 0 Å². The fourth-order valence-electron chi connectivity index (χ4n) is 1.55. The van der Waals surface area contributed by atoms with Gasteiger partial charge in [0.25, 0.3) is 0 Å². The zero-order valence-electron chi connectivity index (χ0n) is 11.2. The van der Waals surface area contributed by atoms with Crippen molar-refractivity contribution in [2.75, 3.05) is 5.73 Å². The summed E-state index contributed by atoms with van der Waals surface area (Å²) in [5, 5.41) is 0. The zero-order chi connectivity index (χ0) is 12.3. The van der Waals surface area contributed by atoms with E-state index >= 15 is 0 Å². The lowest BCUT2D eigenvalue weighted by atomic mass is 9.85. The number of nitrogens with two attached hydrogens (primary N) is 1. The van der Waals surface area contributed by atoms with Gasteiger partial charge >= 0.3 is 0 Å². The number of aromatic nitrogens is 1. The minimum atomic E-state index is -0.732. The summed E-state index contributed by atoms with van der Waals surface area (Å²) in [6, 6.07) is 3.83. The van der Waals surface area contributed by atoms with Crippen molar-refractivity contribution >= 4 is 27.3 Å². The van der Waals surface area contributed by atoms with Gasteiger partial charge in [0, 0.05) is 6.20 Å². The van der Waals surface area contributed by atoms with Crippen molar-refractivity contribution in [1.29, 1.82) is 0 Å². The maximum absolute atomic E-state index is 6.06. The van der Waals surface area contributed by atoms with Gasteiger partial charge in [-0.1, -0.05) is 26.8 Å². The monoisotopic (exact) mass is 273 g/mol. The molecule has 1 aromatic rings. The van der Waals surface area contributed by atoms with Gasteiger partial charge in [0.2, 0.25) is 9.04 Å². The van der Waals surface area contributed by atoms with Crippen LogP contribution >= 0.6 is 12.4 Å². The Morgan fingerprint density at radius 1 is 1.29 bits per heavy atom. The van der Waals surface area contributed by atoms with Gasteiger partial charge in [-0.25, -0.2) is 4.98 Å². The Hall–Kier alpha value is -0.583. The predicted molar refractivity (Wildman–Crippen MR) is 76.7 cm³/mol. The van der Waals surface area contributed by atoms with E-state index < -0.39 is 9.04 Å². The normalized spacial score (nSPS) is 13.3. The Morgan fingerprint density at radius 3 is 2.24 bits per heavy atom. The molecule has 5 heteroatoms. The van der Waals surface area contributed by atoms with Crippen molar-refractivity contribution in [3.8, 4) is 0 Å². The summed E-state index contributed by atoms with van der Waals surface area (Å²) in [6.45, 7) is 10.8. The van der Waals surface area contributed by atoms with Crippen LogP contribution in [-0.2, 0) is 4.43 Å². The van der Waals surface area contributed by atoms with E-state index in [0.717, 1.165) is 5.56 Å². The minimum absolute atomic E-state index is 0. The second kappa shape index (κ2) is 6.38. The molecule has 0 amide bonds. The molecule has 97 valence electrons. The molecule has 0 aliphatic carbocycles. The zero-order valence-corrected chi connectivity index (χ0v) is 13.0. The van der Waals surface area contributed by atoms with Crippen molar-refractivity contribution < 1.29 is 4.43 Å². The Kier molecular flexibility index (Phi) is 6.16. The summed E-state index contributed by atoms with van der Waals surface area (Å²) in [7, 11) is -0.732. The van der Waals surface area contributed by atoms with Crippen LogP contribution in [0.1, 0.15) is 32.4 Å². The van der Waals surface area contributed by atoms with Crippen LogP contribution in [0.25, 0.3) is 0 Å². The summed E-state index contributed by atoms with van der Waals surface area (Å²) in [6.07, 6.45) is 1.90. The predicted octanol–water partition coefficient (Wildman–Crippen LogP) is 3.44. The van der Waals surface area contributed by atoms with Gasteiger partial charge in [0.05, 0.1) is 6.10 Å². The SMILES string of the molecule is C[Si](C)OC(c1ccc(N)nc1)C(C)(C)C.Cl. The van der Waals surface area contributed by atoms with E-state index in [1.165, 1.54) is 0 Å². The molecule has 1 radical (unpaired) electrons. The lowest BCUT2D eigenvalue weighted by molar-refractivity contribution is 0.0863. The number of nitrogen functional groups attached to an aromatic ring is 1. The van der Waals surface area contributed by atoms with Crippen LogP contribution in [0.2, 0.25) is 13.1 Å². The molecular weight excluding hydrogens is 252 g/mol. The van der Waals surface area contributed by atoms with Crippen LogP contribution in [-0.4, -0.2) is 14.0 Å². The van der Waals surface area contributed by atoms with E-state index in [9.17, 15) is 0 Å². The average molecular weight is 274 g/mol. The lowest BCUT2D eigenvalue weighted by Gasteiger charge is -2.32. The highest BCUT2D eigenvalue weighted by molar-refractivity contribution is 6.48. The standard InChI is InChI=1S/C12H21N2OSi.ClH/c1-12(2,3)11(15-16(4)5)9-6-7-10(13)14-8-9;/h6-8,11H,1-5H3,(H2,13,14);1H. The molecule has 0 spiro atoms. The first-order valence-electron chi connectivity index (χ1n) is 5.49. The van der Waals surface area contributed by atoms with Gasteiger partial charge in [0.15, 0.2) is 0 Å². The highest BCUT2D eigenvalue weighted by Crippen LogP contribution is 2.36. The van der Waals surface area contributed by atoms with E-state index in [-0.39, 0.29) is 23.9 Å². The molecular formula is C12H22ClN2OSi. The van der Waals surface area contributed by atoms with Crippen molar-refractivity contribution in [2.45, 2.75) is 40.0 Å². The molecule has 3 nitrogen and oxygen atoms in total. The van der Waals surface area contributed by atoms with Crippen LogP contribution in [0.4, 0.5) is 5.82 Å². The number of hydrogen-bond acceptors (Lipinski definition) is 3. The molecule has 0 saturated heterocycles. The van der Waals surface area contributed by atoms with E-state index in [2.05, 4.69) is 38.8 Å². The molecule has 1 heterocycles.